The summed E-state index contributed by atoms with van der Waals surface area (Å²) in [5, 5.41) is 1.12. The fourth-order valence-corrected chi connectivity index (χ4v) is 1.77. The van der Waals surface area contributed by atoms with Gasteiger partial charge in [-0.15, -0.1) is 0 Å². The number of aryl methyl sites for hydroxylation is 1. The number of alkyl halides is 1. The van der Waals surface area contributed by atoms with Crippen LogP contribution in [0, 0.1) is 0 Å². The molecule has 0 unspecified atom stereocenters. The number of hydrogen-bond donors (Lipinski definition) is 0. The Morgan fingerprint density at radius 3 is 3.07 bits per heavy atom. The van der Waals surface area contributed by atoms with Crippen LogP contribution in [0.3, 0.4) is 0 Å². The lowest BCUT2D eigenvalue weighted by Crippen LogP contribution is -2.00. The fourth-order valence-electron chi connectivity index (χ4n) is 1.54. The molecular formula is C12H11BrO2. The van der Waals surface area contributed by atoms with Gasteiger partial charge in [0.15, 0.2) is 0 Å². The summed E-state index contributed by atoms with van der Waals surface area (Å²) >= 11 is 3.29. The Kier molecular flexibility index (Phi) is 3.21. The number of halogens is 1. The van der Waals surface area contributed by atoms with E-state index in [9.17, 15) is 4.79 Å². The van der Waals surface area contributed by atoms with E-state index in [2.05, 4.69) is 22.0 Å². The molecule has 0 spiro atoms. The average Bonchev–Trinajstić information content (AvgIpc) is 2.72. The van der Waals surface area contributed by atoms with Crippen molar-refractivity contribution in [2.75, 3.05) is 0 Å². The van der Waals surface area contributed by atoms with Crippen LogP contribution in [0.5, 0.6) is 0 Å². The molecule has 3 heteroatoms. The lowest BCUT2D eigenvalue weighted by atomic mass is 10.1. The van der Waals surface area contributed by atoms with Crippen LogP contribution in [-0.2, 0) is 11.2 Å². The van der Waals surface area contributed by atoms with E-state index in [0.717, 1.165) is 30.1 Å². The van der Waals surface area contributed by atoms with Crippen molar-refractivity contribution < 1.29 is 9.21 Å². The highest BCUT2D eigenvalue weighted by Crippen LogP contribution is 2.18. The first-order valence-corrected chi connectivity index (χ1v) is 5.76. The third-order valence-corrected chi connectivity index (χ3v) is 3.05. The van der Waals surface area contributed by atoms with Crippen LogP contribution in [0.4, 0.5) is 0 Å². The third kappa shape index (κ3) is 2.48. The largest absolute Gasteiger partial charge is 0.464 e. The van der Waals surface area contributed by atoms with Crippen LogP contribution in [0.2, 0.25) is 0 Å². The summed E-state index contributed by atoms with van der Waals surface area (Å²) in [6.45, 7) is 0. The minimum atomic E-state index is -0.0439. The molecule has 0 aliphatic rings. The molecule has 78 valence electrons. The molecule has 0 bridgehead atoms. The van der Waals surface area contributed by atoms with Gasteiger partial charge in [0, 0.05) is 5.39 Å². The number of hydrogen-bond acceptors (Lipinski definition) is 2. The van der Waals surface area contributed by atoms with E-state index in [-0.39, 0.29) is 4.83 Å². The molecular weight excluding hydrogens is 256 g/mol. The Morgan fingerprint density at radius 1 is 1.40 bits per heavy atom. The highest BCUT2D eigenvalue weighted by Gasteiger charge is 2.03. The van der Waals surface area contributed by atoms with Crippen molar-refractivity contribution in [2.45, 2.75) is 17.7 Å². The minimum absolute atomic E-state index is 0.0439. The van der Waals surface area contributed by atoms with Crippen molar-refractivity contribution in [3.05, 3.63) is 36.1 Å². The average molecular weight is 267 g/mol. The fraction of sp³-hybridized carbons (Fsp3) is 0.250. The van der Waals surface area contributed by atoms with Crippen molar-refractivity contribution in [1.82, 2.24) is 0 Å². The van der Waals surface area contributed by atoms with Gasteiger partial charge in [-0.1, -0.05) is 22.0 Å². The third-order valence-electron chi connectivity index (χ3n) is 2.37. The Hall–Kier alpha value is -1.09. The van der Waals surface area contributed by atoms with E-state index >= 15 is 0 Å². The highest BCUT2D eigenvalue weighted by atomic mass is 79.9. The van der Waals surface area contributed by atoms with Gasteiger partial charge in [0.1, 0.15) is 11.9 Å². The Morgan fingerprint density at radius 2 is 2.27 bits per heavy atom. The number of rotatable bonds is 4. The molecule has 0 amide bonds. The first kappa shape index (κ1) is 10.4. The predicted octanol–water partition coefficient (Wildman–Crippen LogP) is 3.33. The second kappa shape index (κ2) is 4.62. The lowest BCUT2D eigenvalue weighted by Gasteiger charge is -2.02. The molecule has 0 radical (unpaired) electrons. The number of carbonyl (C=O) groups excluding carboxylic acids is 1. The second-order valence-electron chi connectivity index (χ2n) is 3.48. The monoisotopic (exact) mass is 266 g/mol. The van der Waals surface area contributed by atoms with Gasteiger partial charge in [-0.05, 0) is 36.6 Å². The van der Waals surface area contributed by atoms with Gasteiger partial charge in [-0.3, -0.25) is 0 Å². The van der Waals surface area contributed by atoms with Crippen molar-refractivity contribution in [1.29, 1.82) is 0 Å². The zero-order chi connectivity index (χ0) is 10.7. The molecule has 1 aromatic carbocycles. The SMILES string of the molecule is O=C[C@@H](Br)CCc1ccc2occc2c1. The maximum absolute atomic E-state index is 10.4. The topological polar surface area (TPSA) is 30.2 Å². The van der Waals surface area contributed by atoms with Gasteiger partial charge in [-0.2, -0.15) is 0 Å². The molecule has 0 saturated carbocycles. The quantitative estimate of drug-likeness (QED) is 0.628. The normalized spacial score (nSPS) is 12.9. The van der Waals surface area contributed by atoms with Gasteiger partial charge < -0.3 is 9.21 Å². The van der Waals surface area contributed by atoms with Crippen LogP contribution in [0.25, 0.3) is 11.0 Å². The summed E-state index contributed by atoms with van der Waals surface area (Å²) in [7, 11) is 0. The summed E-state index contributed by atoms with van der Waals surface area (Å²) < 4.78 is 5.25. The molecule has 0 saturated heterocycles. The first-order valence-electron chi connectivity index (χ1n) is 4.85. The van der Waals surface area contributed by atoms with Crippen molar-refractivity contribution in [2.24, 2.45) is 0 Å². The number of aldehydes is 1. The molecule has 0 aliphatic carbocycles. The first-order chi connectivity index (χ1) is 7.29. The summed E-state index contributed by atoms with van der Waals surface area (Å²) in [5.74, 6) is 0. The summed E-state index contributed by atoms with van der Waals surface area (Å²) in [5.41, 5.74) is 2.14. The van der Waals surface area contributed by atoms with Gasteiger partial charge in [0.25, 0.3) is 0 Å². The highest BCUT2D eigenvalue weighted by molar-refractivity contribution is 9.09. The van der Waals surface area contributed by atoms with Crippen LogP contribution < -0.4 is 0 Å². The number of benzene rings is 1. The smallest absolute Gasteiger partial charge is 0.133 e. The maximum atomic E-state index is 10.4. The molecule has 0 fully saturated rings. The van der Waals surface area contributed by atoms with Gasteiger partial charge >= 0.3 is 0 Å². The van der Waals surface area contributed by atoms with E-state index in [1.807, 2.05) is 18.2 Å². The van der Waals surface area contributed by atoms with E-state index in [1.165, 1.54) is 5.56 Å². The van der Waals surface area contributed by atoms with E-state index in [1.54, 1.807) is 6.26 Å². The van der Waals surface area contributed by atoms with Crippen LogP contribution in [-0.4, -0.2) is 11.1 Å². The molecule has 1 aromatic heterocycles. The molecule has 2 aromatic rings. The van der Waals surface area contributed by atoms with E-state index in [4.69, 9.17) is 4.42 Å². The van der Waals surface area contributed by atoms with Crippen molar-refractivity contribution in [3.63, 3.8) is 0 Å². The maximum Gasteiger partial charge on any atom is 0.133 e. The Labute approximate surface area is 96.4 Å². The van der Waals surface area contributed by atoms with Gasteiger partial charge in [0.05, 0.1) is 11.1 Å². The Balaban J connectivity index is 2.11. The standard InChI is InChI=1S/C12H11BrO2/c13-11(8-14)3-1-9-2-4-12-10(7-9)5-6-15-12/h2,4-8,11H,1,3H2/t11-/m0/s1. The zero-order valence-corrected chi connectivity index (χ0v) is 9.74. The molecule has 1 atom stereocenters. The molecule has 0 N–H and O–H groups in total. The van der Waals surface area contributed by atoms with Gasteiger partial charge in [-0.25, -0.2) is 0 Å². The molecule has 2 nitrogen and oxygen atoms in total. The molecule has 15 heavy (non-hydrogen) atoms. The zero-order valence-electron chi connectivity index (χ0n) is 8.15. The minimum Gasteiger partial charge on any atom is -0.464 e. The van der Waals surface area contributed by atoms with Crippen molar-refractivity contribution in [3.8, 4) is 0 Å². The Bertz CT molecular complexity index is 461. The number of fused-ring (bicyclic) bond motifs is 1. The second-order valence-corrected chi connectivity index (χ2v) is 4.66. The van der Waals surface area contributed by atoms with Crippen molar-refractivity contribution >= 4 is 33.2 Å². The van der Waals surface area contributed by atoms with Crippen LogP contribution in [0.1, 0.15) is 12.0 Å². The summed E-state index contributed by atoms with van der Waals surface area (Å²) in [4.78, 5) is 10.4. The van der Waals surface area contributed by atoms with E-state index < -0.39 is 0 Å². The van der Waals surface area contributed by atoms with Gasteiger partial charge in [0.2, 0.25) is 0 Å². The number of furan rings is 1. The molecule has 0 aliphatic heterocycles. The molecule has 2 rings (SSSR count). The van der Waals surface area contributed by atoms with E-state index in [0.29, 0.717) is 0 Å². The predicted molar refractivity (Wildman–Crippen MR) is 63.3 cm³/mol. The van der Waals surface area contributed by atoms with Crippen LogP contribution in [0.15, 0.2) is 34.9 Å². The summed E-state index contributed by atoms with van der Waals surface area (Å²) in [6.07, 6.45) is 4.34. The van der Waals surface area contributed by atoms with Crippen LogP contribution >= 0.6 is 15.9 Å². The molecule has 1 heterocycles. The number of carbonyl (C=O) groups is 1. The lowest BCUT2D eigenvalue weighted by molar-refractivity contribution is -0.107. The summed E-state index contributed by atoms with van der Waals surface area (Å²) in [6, 6.07) is 8.05.